The maximum Gasteiger partial charge on any atom is 0.573 e. The Morgan fingerprint density at radius 2 is 1.50 bits per heavy atom. The molecule has 0 saturated heterocycles. The van der Waals surface area contributed by atoms with Crippen LogP contribution in [-0.4, -0.2) is 29.9 Å². The maximum atomic E-state index is 12.5. The Hall–Kier alpha value is -3.72. The second-order valence-corrected chi connectivity index (χ2v) is 8.96. The second kappa shape index (κ2) is 13.2. The zero-order valence-corrected chi connectivity index (χ0v) is 21.3. The highest BCUT2D eigenvalue weighted by Gasteiger charge is 2.31. The minimum absolute atomic E-state index is 0.0215. The second-order valence-electron chi connectivity index (χ2n) is 8.53. The van der Waals surface area contributed by atoms with E-state index in [1.54, 1.807) is 24.3 Å². The van der Waals surface area contributed by atoms with Gasteiger partial charge < -0.3 is 19.9 Å². The van der Waals surface area contributed by atoms with E-state index in [2.05, 4.69) is 10.1 Å². The molecule has 0 aliphatic heterocycles. The number of carboxylic acids is 1. The molecule has 0 aliphatic rings. The first-order chi connectivity index (χ1) is 18.1. The van der Waals surface area contributed by atoms with Gasteiger partial charge in [0.05, 0.1) is 6.42 Å². The number of hydrogen-bond donors (Lipinski definition) is 2. The van der Waals surface area contributed by atoms with E-state index in [1.165, 1.54) is 24.3 Å². The molecule has 0 aromatic heterocycles. The number of nitrogens with one attached hydrogen (secondary N) is 1. The van der Waals surface area contributed by atoms with E-state index in [1.807, 2.05) is 31.2 Å². The summed E-state index contributed by atoms with van der Waals surface area (Å²) in [5.74, 6) is -1.54. The Morgan fingerprint density at radius 1 is 0.921 bits per heavy atom. The number of carbonyl (C=O) groups excluding carboxylic acids is 1. The highest BCUT2D eigenvalue weighted by Crippen LogP contribution is 2.39. The molecule has 0 heterocycles. The summed E-state index contributed by atoms with van der Waals surface area (Å²) in [5.41, 5.74) is 2.10. The molecule has 3 aromatic rings. The molecule has 0 saturated carbocycles. The molecule has 0 radical (unpaired) electrons. The van der Waals surface area contributed by atoms with Gasteiger partial charge in [0.1, 0.15) is 17.6 Å². The molecule has 2 N–H and O–H groups in total. The van der Waals surface area contributed by atoms with E-state index in [0.29, 0.717) is 22.8 Å². The Balaban J connectivity index is 1.87. The van der Waals surface area contributed by atoms with Gasteiger partial charge in [-0.3, -0.25) is 9.59 Å². The lowest BCUT2D eigenvalue weighted by molar-refractivity contribution is -0.274. The van der Waals surface area contributed by atoms with Gasteiger partial charge in [-0.25, -0.2) is 0 Å². The molecule has 10 heteroatoms. The van der Waals surface area contributed by atoms with Crippen molar-refractivity contribution < 1.29 is 37.3 Å². The molecule has 6 nitrogen and oxygen atoms in total. The molecule has 3 rings (SSSR count). The molecular formula is C28H27ClF3NO5. The summed E-state index contributed by atoms with van der Waals surface area (Å²) in [5, 5.41) is 11.9. The van der Waals surface area contributed by atoms with Crippen molar-refractivity contribution in [3.63, 3.8) is 0 Å². The summed E-state index contributed by atoms with van der Waals surface area (Å²) in [6.45, 7) is 2.05. The topological polar surface area (TPSA) is 84.9 Å². The minimum Gasteiger partial charge on any atom is -0.485 e. The summed E-state index contributed by atoms with van der Waals surface area (Å²) < 4.78 is 47.9. The fourth-order valence-electron chi connectivity index (χ4n) is 3.97. The molecular weight excluding hydrogens is 523 g/mol. The number of alkyl halides is 3. The first kappa shape index (κ1) is 28.8. The van der Waals surface area contributed by atoms with Gasteiger partial charge in [-0.15, -0.1) is 13.2 Å². The fraction of sp³-hybridized carbons (Fsp3) is 0.286. The maximum absolute atomic E-state index is 12.5. The summed E-state index contributed by atoms with van der Waals surface area (Å²) in [6, 6.07) is 19.3. The van der Waals surface area contributed by atoms with Gasteiger partial charge in [-0.1, -0.05) is 49.2 Å². The van der Waals surface area contributed by atoms with E-state index in [0.717, 1.165) is 17.5 Å². The number of benzene rings is 3. The van der Waals surface area contributed by atoms with Gasteiger partial charge in [0, 0.05) is 23.0 Å². The van der Waals surface area contributed by atoms with Gasteiger partial charge in [0.25, 0.3) is 5.91 Å². The standard InChI is InChI=1S/C28H27ClF3NO5/c1-2-3-24(18-4-6-20(7-5-18)27(36)33-17-16-25(34)35)26(19-8-10-21(29)11-9-19)37-22-12-14-23(15-13-22)38-28(30,31)32/h4-15,24,26H,2-3,16-17H2,1H3,(H,33,36)(H,34,35)/t24-,26-/m1/s1. The quantitative estimate of drug-likeness (QED) is 0.251. The molecule has 38 heavy (non-hydrogen) atoms. The van der Waals surface area contributed by atoms with Crippen molar-refractivity contribution in [3.05, 3.63) is 94.5 Å². The first-order valence-electron chi connectivity index (χ1n) is 11.9. The van der Waals surface area contributed by atoms with Gasteiger partial charge in [0.15, 0.2) is 0 Å². The molecule has 202 valence electrons. The fourth-order valence-corrected chi connectivity index (χ4v) is 4.10. The highest BCUT2D eigenvalue weighted by molar-refractivity contribution is 6.30. The number of aliphatic carboxylic acids is 1. The number of rotatable bonds is 12. The van der Waals surface area contributed by atoms with E-state index in [-0.39, 0.29) is 30.5 Å². The zero-order chi connectivity index (χ0) is 27.7. The third kappa shape index (κ3) is 8.69. The third-order valence-electron chi connectivity index (χ3n) is 5.71. The van der Waals surface area contributed by atoms with Crippen LogP contribution in [0.25, 0.3) is 0 Å². The average molecular weight is 550 g/mol. The molecule has 0 fully saturated rings. The monoisotopic (exact) mass is 549 g/mol. The normalized spacial score (nSPS) is 12.9. The highest BCUT2D eigenvalue weighted by atomic mass is 35.5. The average Bonchev–Trinajstić information content (AvgIpc) is 2.87. The van der Waals surface area contributed by atoms with Crippen molar-refractivity contribution in [1.82, 2.24) is 5.32 Å². The van der Waals surface area contributed by atoms with Crippen LogP contribution >= 0.6 is 11.6 Å². The van der Waals surface area contributed by atoms with Crippen molar-refractivity contribution in [1.29, 1.82) is 0 Å². The van der Waals surface area contributed by atoms with E-state index < -0.39 is 18.4 Å². The van der Waals surface area contributed by atoms with Crippen LogP contribution in [0.1, 0.15) is 59.7 Å². The van der Waals surface area contributed by atoms with Crippen molar-refractivity contribution >= 4 is 23.5 Å². The Kier molecular flexibility index (Phi) is 10.0. The van der Waals surface area contributed by atoms with Gasteiger partial charge in [-0.05, 0) is 66.1 Å². The third-order valence-corrected chi connectivity index (χ3v) is 5.96. The van der Waals surface area contributed by atoms with Gasteiger partial charge in [0.2, 0.25) is 0 Å². The van der Waals surface area contributed by atoms with Crippen molar-refractivity contribution in [2.75, 3.05) is 6.54 Å². The summed E-state index contributed by atoms with van der Waals surface area (Å²) >= 11 is 6.09. The SMILES string of the molecule is CCC[C@H](c1ccc(C(=O)NCCC(=O)O)cc1)[C@H](Oc1ccc(OC(F)(F)F)cc1)c1ccc(Cl)cc1. The van der Waals surface area contributed by atoms with Crippen molar-refractivity contribution in [2.24, 2.45) is 0 Å². The van der Waals surface area contributed by atoms with Gasteiger partial charge >= 0.3 is 12.3 Å². The summed E-state index contributed by atoms with van der Waals surface area (Å²) in [7, 11) is 0. The van der Waals surface area contributed by atoms with E-state index in [4.69, 9.17) is 21.4 Å². The summed E-state index contributed by atoms with van der Waals surface area (Å²) in [6.07, 6.45) is -3.96. The zero-order valence-electron chi connectivity index (χ0n) is 20.5. The predicted molar refractivity (Wildman–Crippen MR) is 137 cm³/mol. The number of halogens is 4. The number of carbonyl (C=O) groups is 2. The van der Waals surface area contributed by atoms with Crippen LogP contribution in [-0.2, 0) is 4.79 Å². The predicted octanol–water partition coefficient (Wildman–Crippen LogP) is 7.15. The Labute approximate surface area is 223 Å². The molecule has 0 bridgehead atoms. The van der Waals surface area contributed by atoms with E-state index in [9.17, 15) is 22.8 Å². The smallest absolute Gasteiger partial charge is 0.485 e. The number of ether oxygens (including phenoxy) is 2. The molecule has 2 atom stereocenters. The number of hydrogen-bond acceptors (Lipinski definition) is 4. The van der Waals surface area contributed by atoms with Crippen molar-refractivity contribution in [2.45, 2.75) is 44.6 Å². The molecule has 0 aliphatic carbocycles. The minimum atomic E-state index is -4.79. The van der Waals surface area contributed by atoms with Crippen LogP contribution in [0.3, 0.4) is 0 Å². The van der Waals surface area contributed by atoms with E-state index >= 15 is 0 Å². The first-order valence-corrected chi connectivity index (χ1v) is 12.3. The lowest BCUT2D eigenvalue weighted by Crippen LogP contribution is -2.26. The van der Waals surface area contributed by atoms with Gasteiger partial charge in [-0.2, -0.15) is 0 Å². The van der Waals surface area contributed by atoms with Crippen LogP contribution in [0.4, 0.5) is 13.2 Å². The van der Waals surface area contributed by atoms with Crippen LogP contribution in [0, 0.1) is 0 Å². The lowest BCUT2D eigenvalue weighted by atomic mass is 9.85. The largest absolute Gasteiger partial charge is 0.573 e. The lowest BCUT2D eigenvalue weighted by Gasteiger charge is -2.29. The molecule has 3 aromatic carbocycles. The number of amides is 1. The molecule has 0 spiro atoms. The Bertz CT molecular complexity index is 1200. The van der Waals surface area contributed by atoms with Crippen LogP contribution in [0.15, 0.2) is 72.8 Å². The molecule has 1 amide bonds. The van der Waals surface area contributed by atoms with Crippen molar-refractivity contribution in [3.8, 4) is 11.5 Å². The molecule has 0 unspecified atom stereocenters. The van der Waals surface area contributed by atoms with Crippen LogP contribution in [0.2, 0.25) is 5.02 Å². The Morgan fingerprint density at radius 3 is 2.05 bits per heavy atom. The van der Waals surface area contributed by atoms with Crippen LogP contribution < -0.4 is 14.8 Å². The number of carboxylic acid groups (broad SMARTS) is 1. The summed E-state index contributed by atoms with van der Waals surface area (Å²) in [4.78, 5) is 23.0. The van der Waals surface area contributed by atoms with Crippen LogP contribution in [0.5, 0.6) is 11.5 Å².